The van der Waals surface area contributed by atoms with E-state index in [1.807, 2.05) is 19.1 Å². The molecule has 38 heavy (non-hydrogen) atoms. The molecule has 0 spiro atoms. The molecule has 0 bridgehead atoms. The van der Waals surface area contributed by atoms with Crippen LogP contribution in [0.2, 0.25) is 0 Å². The van der Waals surface area contributed by atoms with Gasteiger partial charge < -0.3 is 0 Å². The predicted molar refractivity (Wildman–Crippen MR) is 156 cm³/mol. The molecule has 0 radical (unpaired) electrons. The molecule has 4 aliphatic carbocycles. The van der Waals surface area contributed by atoms with Gasteiger partial charge in [0.1, 0.15) is 0 Å². The molecule has 1 aromatic carbocycles. The molecule has 4 aliphatic rings. The fourth-order valence-corrected chi connectivity index (χ4v) is 11.6. The van der Waals surface area contributed by atoms with Crippen LogP contribution >= 0.6 is 0 Å². The van der Waals surface area contributed by atoms with E-state index in [1.54, 1.807) is 12.1 Å². The number of hydrogen-bond acceptors (Lipinski definition) is 3. The van der Waals surface area contributed by atoms with Crippen LogP contribution in [0, 0.1) is 59.7 Å². The third-order valence-corrected chi connectivity index (χ3v) is 14.1. The Morgan fingerprint density at radius 1 is 0.895 bits per heavy atom. The summed E-state index contributed by atoms with van der Waals surface area (Å²) in [6, 6.07) is 7.09. The van der Waals surface area contributed by atoms with Crippen molar-refractivity contribution in [2.75, 3.05) is 0 Å². The fraction of sp³-hybridized carbons (Fsp3) is 0.824. The summed E-state index contributed by atoms with van der Waals surface area (Å²) in [5.74, 6) is 5.99. The third-order valence-electron chi connectivity index (χ3n) is 12.6. The standard InChI is InChI=1S/C34H54O3S/c1-7-8-9-10-24(3)27-19-21-33(5)31(27)18-16-30-29-20-22-34(6,25(4)28(29)15-17-32(30)33)37-38(35,36)26-13-11-23(2)12-14-26/h11-14,24-25,27-32H,7-10,15-22H2,1-6H3/t24-,25+,27+,28-,29+,30-,31-,32+,33+,34+/m1/s1. The van der Waals surface area contributed by atoms with Crippen LogP contribution in [0.1, 0.15) is 117 Å². The first-order valence-corrected chi connectivity index (χ1v) is 17.4. The van der Waals surface area contributed by atoms with Gasteiger partial charge in [0, 0.05) is 0 Å². The van der Waals surface area contributed by atoms with Crippen LogP contribution in [0.4, 0.5) is 0 Å². The summed E-state index contributed by atoms with van der Waals surface area (Å²) in [6.45, 7) is 13.9. The normalized spacial score (nSPS) is 41.7. The van der Waals surface area contributed by atoms with E-state index in [1.165, 1.54) is 64.2 Å². The highest BCUT2D eigenvalue weighted by molar-refractivity contribution is 7.86. The summed E-state index contributed by atoms with van der Waals surface area (Å²) in [5, 5.41) is 0. The Labute approximate surface area is 234 Å². The van der Waals surface area contributed by atoms with Crippen LogP contribution in [-0.4, -0.2) is 14.0 Å². The summed E-state index contributed by atoms with van der Waals surface area (Å²) < 4.78 is 32.7. The number of fused-ring (bicyclic) bond motifs is 5. The molecule has 0 aliphatic heterocycles. The average molecular weight is 543 g/mol. The van der Waals surface area contributed by atoms with Gasteiger partial charge in [-0.1, -0.05) is 71.1 Å². The van der Waals surface area contributed by atoms with Crippen molar-refractivity contribution in [2.24, 2.45) is 52.8 Å². The molecule has 0 saturated heterocycles. The second-order valence-corrected chi connectivity index (χ2v) is 16.1. The first-order valence-electron chi connectivity index (χ1n) is 16.0. The SMILES string of the molecule is CCCCC[C@@H](C)[C@@H]1CC[C@@]2(C)[C@@H]1CC[C@@H]1[C@H]3CC[C@](C)(OS(=O)(=O)c4ccc(C)cc4)[C@@H](C)[C@H]3CC[C@@H]12. The third kappa shape index (κ3) is 5.04. The van der Waals surface area contributed by atoms with E-state index in [0.717, 1.165) is 53.9 Å². The van der Waals surface area contributed by atoms with Crippen LogP contribution in [0.25, 0.3) is 0 Å². The molecule has 0 amide bonds. The molecule has 4 saturated carbocycles. The smallest absolute Gasteiger partial charge is 0.260 e. The quantitative estimate of drug-likeness (QED) is 0.243. The van der Waals surface area contributed by atoms with Gasteiger partial charge in [0.15, 0.2) is 0 Å². The topological polar surface area (TPSA) is 43.4 Å². The van der Waals surface area contributed by atoms with E-state index >= 15 is 0 Å². The Morgan fingerprint density at radius 2 is 1.58 bits per heavy atom. The van der Waals surface area contributed by atoms with Gasteiger partial charge in [0.05, 0.1) is 10.5 Å². The van der Waals surface area contributed by atoms with Crippen LogP contribution in [0.15, 0.2) is 29.2 Å². The Kier molecular flexibility index (Phi) is 8.17. The minimum absolute atomic E-state index is 0.253. The van der Waals surface area contributed by atoms with Crippen molar-refractivity contribution in [1.82, 2.24) is 0 Å². The van der Waals surface area contributed by atoms with Crippen molar-refractivity contribution in [3.8, 4) is 0 Å². The molecule has 1 aromatic rings. The summed E-state index contributed by atoms with van der Waals surface area (Å²) in [6.07, 6.45) is 15.8. The van der Waals surface area contributed by atoms with Crippen molar-refractivity contribution >= 4 is 10.1 Å². The van der Waals surface area contributed by atoms with Gasteiger partial charge in [-0.05, 0) is 130 Å². The van der Waals surface area contributed by atoms with Gasteiger partial charge >= 0.3 is 0 Å². The largest absolute Gasteiger partial charge is 0.297 e. The lowest BCUT2D eigenvalue weighted by Crippen LogP contribution is -2.55. The Balaban J connectivity index is 1.28. The van der Waals surface area contributed by atoms with E-state index < -0.39 is 15.7 Å². The van der Waals surface area contributed by atoms with Gasteiger partial charge in [-0.25, -0.2) is 0 Å². The minimum atomic E-state index is -3.77. The lowest BCUT2D eigenvalue weighted by Gasteiger charge is -2.60. The predicted octanol–water partition coefficient (Wildman–Crippen LogP) is 9.19. The van der Waals surface area contributed by atoms with Crippen molar-refractivity contribution in [1.29, 1.82) is 0 Å². The van der Waals surface area contributed by atoms with Crippen molar-refractivity contribution in [2.45, 2.75) is 129 Å². The van der Waals surface area contributed by atoms with E-state index in [-0.39, 0.29) is 10.8 Å². The highest BCUT2D eigenvalue weighted by atomic mass is 32.2. The molecular weight excluding hydrogens is 488 g/mol. The first-order chi connectivity index (χ1) is 18.0. The zero-order chi connectivity index (χ0) is 27.3. The summed E-state index contributed by atoms with van der Waals surface area (Å²) >= 11 is 0. The highest BCUT2D eigenvalue weighted by Crippen LogP contribution is 2.67. The van der Waals surface area contributed by atoms with Crippen LogP contribution in [0.3, 0.4) is 0 Å². The van der Waals surface area contributed by atoms with Crippen LogP contribution in [-0.2, 0) is 14.3 Å². The Bertz CT molecular complexity index is 1060. The van der Waals surface area contributed by atoms with Gasteiger partial charge in [-0.3, -0.25) is 4.18 Å². The molecule has 10 atom stereocenters. The molecule has 214 valence electrons. The van der Waals surface area contributed by atoms with Gasteiger partial charge in [0.25, 0.3) is 10.1 Å². The van der Waals surface area contributed by atoms with Gasteiger partial charge in [0.2, 0.25) is 0 Å². The first kappa shape index (κ1) is 28.7. The monoisotopic (exact) mass is 542 g/mol. The van der Waals surface area contributed by atoms with Gasteiger partial charge in [-0.15, -0.1) is 0 Å². The maximum atomic E-state index is 13.3. The number of unbranched alkanes of at least 4 members (excludes halogenated alkanes) is 2. The maximum absolute atomic E-state index is 13.3. The molecule has 0 heterocycles. The molecule has 4 fully saturated rings. The lowest BCUT2D eigenvalue weighted by molar-refractivity contribution is -0.128. The average Bonchev–Trinajstić information content (AvgIpc) is 3.24. The maximum Gasteiger partial charge on any atom is 0.297 e. The van der Waals surface area contributed by atoms with Crippen molar-refractivity contribution in [3.05, 3.63) is 29.8 Å². The molecule has 5 rings (SSSR count). The minimum Gasteiger partial charge on any atom is -0.260 e. The van der Waals surface area contributed by atoms with Crippen molar-refractivity contribution in [3.63, 3.8) is 0 Å². The van der Waals surface area contributed by atoms with Crippen LogP contribution in [0.5, 0.6) is 0 Å². The number of aryl methyl sites for hydroxylation is 1. The van der Waals surface area contributed by atoms with Crippen LogP contribution < -0.4 is 0 Å². The zero-order valence-electron chi connectivity index (χ0n) is 25.0. The number of benzene rings is 1. The summed E-state index contributed by atoms with van der Waals surface area (Å²) in [5.41, 5.74) is 0.960. The molecule has 0 aromatic heterocycles. The van der Waals surface area contributed by atoms with Crippen molar-refractivity contribution < 1.29 is 12.6 Å². The summed E-state index contributed by atoms with van der Waals surface area (Å²) in [4.78, 5) is 0.285. The zero-order valence-corrected chi connectivity index (χ0v) is 25.9. The molecule has 0 N–H and O–H groups in total. The Morgan fingerprint density at radius 3 is 2.29 bits per heavy atom. The second kappa shape index (κ2) is 10.8. The number of hydrogen-bond donors (Lipinski definition) is 0. The fourth-order valence-electron chi connectivity index (χ4n) is 10.3. The van der Waals surface area contributed by atoms with E-state index in [9.17, 15) is 8.42 Å². The molecule has 0 unspecified atom stereocenters. The van der Waals surface area contributed by atoms with E-state index in [2.05, 4.69) is 34.6 Å². The summed E-state index contributed by atoms with van der Waals surface area (Å²) in [7, 11) is -3.77. The number of rotatable bonds is 8. The second-order valence-electron chi connectivity index (χ2n) is 14.5. The van der Waals surface area contributed by atoms with E-state index in [0.29, 0.717) is 11.3 Å². The van der Waals surface area contributed by atoms with Gasteiger partial charge in [-0.2, -0.15) is 8.42 Å². The lowest BCUT2D eigenvalue weighted by atomic mass is 9.46. The molecule has 3 nitrogen and oxygen atoms in total. The molecular formula is C34H54O3S. The Hall–Kier alpha value is -0.870. The highest BCUT2D eigenvalue weighted by Gasteiger charge is 2.60. The molecule has 4 heteroatoms. The van der Waals surface area contributed by atoms with E-state index in [4.69, 9.17) is 4.18 Å².